The maximum absolute atomic E-state index is 8.90. The summed E-state index contributed by atoms with van der Waals surface area (Å²) >= 11 is 0. The normalized spacial score (nSPS) is 12.6. The van der Waals surface area contributed by atoms with Crippen LogP contribution in [0.3, 0.4) is 0 Å². The topological polar surface area (TPSA) is 36.3 Å². The lowest BCUT2D eigenvalue weighted by Gasteiger charge is -2.21. The van der Waals surface area contributed by atoms with E-state index in [9.17, 15) is 0 Å². The molecule has 1 aromatic carbocycles. The van der Waals surface area contributed by atoms with E-state index in [0.29, 0.717) is 5.92 Å². The Morgan fingerprint density at radius 2 is 2.00 bits per heavy atom. The predicted octanol–water partition coefficient (Wildman–Crippen LogP) is 3.16. The second-order valence-electron chi connectivity index (χ2n) is 4.95. The van der Waals surface area contributed by atoms with Crippen LogP contribution < -0.4 is 4.74 Å². The van der Waals surface area contributed by atoms with Crippen LogP contribution >= 0.6 is 0 Å². The molecular formula is C15H22N2O. The van der Waals surface area contributed by atoms with Crippen LogP contribution in [0.15, 0.2) is 18.2 Å². The molecule has 1 rings (SSSR count). The van der Waals surface area contributed by atoms with Crippen molar-refractivity contribution in [2.75, 3.05) is 14.2 Å². The van der Waals surface area contributed by atoms with Crippen molar-refractivity contribution < 1.29 is 4.74 Å². The van der Waals surface area contributed by atoms with Crippen molar-refractivity contribution in [1.29, 1.82) is 5.26 Å². The van der Waals surface area contributed by atoms with Crippen molar-refractivity contribution in [3.05, 3.63) is 29.3 Å². The Hall–Kier alpha value is -1.53. The summed E-state index contributed by atoms with van der Waals surface area (Å²) in [5.74, 6) is 1.39. The molecule has 0 aliphatic carbocycles. The summed E-state index contributed by atoms with van der Waals surface area (Å²) in [7, 11) is 3.64. The minimum atomic E-state index is -0.0977. The molecule has 0 saturated heterocycles. The Bertz CT molecular complexity index is 435. The molecule has 0 saturated carbocycles. The third kappa shape index (κ3) is 3.48. The van der Waals surface area contributed by atoms with E-state index in [1.807, 2.05) is 18.9 Å². The fourth-order valence-electron chi connectivity index (χ4n) is 1.76. The molecule has 0 aromatic heterocycles. The van der Waals surface area contributed by atoms with Crippen LogP contribution in [0.4, 0.5) is 0 Å². The zero-order valence-corrected chi connectivity index (χ0v) is 11.9. The van der Waals surface area contributed by atoms with Gasteiger partial charge in [0.2, 0.25) is 0 Å². The van der Waals surface area contributed by atoms with Gasteiger partial charge in [-0.1, -0.05) is 26.0 Å². The van der Waals surface area contributed by atoms with Crippen molar-refractivity contribution in [3.8, 4) is 11.8 Å². The van der Waals surface area contributed by atoms with E-state index in [1.54, 1.807) is 7.11 Å². The van der Waals surface area contributed by atoms with Gasteiger partial charge in [-0.2, -0.15) is 5.26 Å². The first kappa shape index (κ1) is 14.5. The van der Waals surface area contributed by atoms with Gasteiger partial charge in [0.1, 0.15) is 5.75 Å². The van der Waals surface area contributed by atoms with E-state index in [4.69, 9.17) is 10.00 Å². The van der Waals surface area contributed by atoms with Crippen molar-refractivity contribution in [1.82, 2.24) is 4.90 Å². The Labute approximate surface area is 110 Å². The molecule has 3 heteroatoms. The molecule has 0 aliphatic heterocycles. The molecule has 1 atom stereocenters. The molecule has 0 radical (unpaired) electrons. The minimum absolute atomic E-state index is 0.0977. The molecule has 0 heterocycles. The predicted molar refractivity (Wildman–Crippen MR) is 73.6 cm³/mol. The summed E-state index contributed by atoms with van der Waals surface area (Å²) < 4.78 is 5.44. The summed E-state index contributed by atoms with van der Waals surface area (Å²) in [6, 6.07) is 8.45. The number of benzene rings is 1. The van der Waals surface area contributed by atoms with Gasteiger partial charge in [-0.3, -0.25) is 4.90 Å². The average molecular weight is 246 g/mol. The number of methoxy groups -OCH3 is 1. The fraction of sp³-hybridized carbons (Fsp3) is 0.533. The SMILES string of the molecule is COc1cc(C(C)C)ccc1CN(C)C(C)C#N. The van der Waals surface area contributed by atoms with Gasteiger partial charge in [0, 0.05) is 12.1 Å². The lowest BCUT2D eigenvalue weighted by Crippen LogP contribution is -2.27. The lowest BCUT2D eigenvalue weighted by atomic mass is 10.0. The van der Waals surface area contributed by atoms with E-state index in [1.165, 1.54) is 5.56 Å². The first-order valence-corrected chi connectivity index (χ1v) is 6.26. The Balaban J connectivity index is 2.93. The largest absolute Gasteiger partial charge is 0.496 e. The van der Waals surface area contributed by atoms with E-state index in [-0.39, 0.29) is 6.04 Å². The summed E-state index contributed by atoms with van der Waals surface area (Å²) in [6.45, 7) is 6.95. The molecular weight excluding hydrogens is 224 g/mol. The quantitative estimate of drug-likeness (QED) is 0.800. The highest BCUT2D eigenvalue weighted by atomic mass is 16.5. The van der Waals surface area contributed by atoms with Crippen molar-refractivity contribution in [3.63, 3.8) is 0 Å². The molecule has 98 valence electrons. The van der Waals surface area contributed by atoms with Crippen LogP contribution in [0.2, 0.25) is 0 Å². The van der Waals surface area contributed by atoms with Crippen LogP contribution in [0.25, 0.3) is 0 Å². The Morgan fingerprint density at radius 1 is 1.33 bits per heavy atom. The first-order chi connectivity index (χ1) is 8.49. The third-order valence-corrected chi connectivity index (χ3v) is 3.25. The highest BCUT2D eigenvalue weighted by Gasteiger charge is 2.12. The number of nitrogens with zero attached hydrogens (tertiary/aromatic N) is 2. The van der Waals surface area contributed by atoms with Gasteiger partial charge in [0.05, 0.1) is 19.2 Å². The van der Waals surface area contributed by atoms with Gasteiger partial charge in [0.25, 0.3) is 0 Å². The number of hydrogen-bond acceptors (Lipinski definition) is 3. The zero-order chi connectivity index (χ0) is 13.7. The molecule has 0 bridgehead atoms. The number of hydrogen-bond donors (Lipinski definition) is 0. The smallest absolute Gasteiger partial charge is 0.123 e. The molecule has 18 heavy (non-hydrogen) atoms. The van der Waals surface area contributed by atoms with E-state index in [2.05, 4.69) is 38.1 Å². The summed E-state index contributed by atoms with van der Waals surface area (Å²) in [5.41, 5.74) is 2.39. The fourth-order valence-corrected chi connectivity index (χ4v) is 1.76. The highest BCUT2D eigenvalue weighted by Crippen LogP contribution is 2.25. The second-order valence-corrected chi connectivity index (χ2v) is 4.95. The highest BCUT2D eigenvalue weighted by molar-refractivity contribution is 5.38. The standard InChI is InChI=1S/C15H22N2O/c1-11(2)13-6-7-14(15(8-13)18-5)10-17(4)12(3)9-16/h6-8,11-12H,10H2,1-5H3. The van der Waals surface area contributed by atoms with Gasteiger partial charge < -0.3 is 4.74 Å². The Kier molecular flexibility index (Phi) is 5.18. The summed E-state index contributed by atoms with van der Waals surface area (Å²) in [5, 5.41) is 8.90. The molecule has 0 aliphatic rings. The van der Waals surface area contributed by atoms with Crippen LogP contribution in [-0.4, -0.2) is 25.1 Å². The van der Waals surface area contributed by atoms with Gasteiger partial charge in [-0.15, -0.1) is 0 Å². The van der Waals surface area contributed by atoms with Gasteiger partial charge in [-0.25, -0.2) is 0 Å². The maximum Gasteiger partial charge on any atom is 0.123 e. The monoisotopic (exact) mass is 246 g/mol. The average Bonchev–Trinajstić information content (AvgIpc) is 2.37. The van der Waals surface area contributed by atoms with Gasteiger partial charge >= 0.3 is 0 Å². The van der Waals surface area contributed by atoms with E-state index >= 15 is 0 Å². The molecule has 1 unspecified atom stereocenters. The number of nitriles is 1. The third-order valence-electron chi connectivity index (χ3n) is 3.25. The molecule has 0 fully saturated rings. The van der Waals surface area contributed by atoms with Crippen molar-refractivity contribution >= 4 is 0 Å². The molecule has 0 amide bonds. The lowest BCUT2D eigenvalue weighted by molar-refractivity contribution is 0.288. The summed E-state index contributed by atoms with van der Waals surface area (Å²) in [4.78, 5) is 2.01. The van der Waals surface area contributed by atoms with Gasteiger partial charge in [-0.05, 0) is 31.5 Å². The van der Waals surface area contributed by atoms with Crippen LogP contribution in [0, 0.1) is 11.3 Å². The van der Waals surface area contributed by atoms with Crippen LogP contribution in [0.1, 0.15) is 37.8 Å². The van der Waals surface area contributed by atoms with E-state index < -0.39 is 0 Å². The molecule has 0 spiro atoms. The Morgan fingerprint density at radius 3 is 2.50 bits per heavy atom. The second kappa shape index (κ2) is 6.42. The van der Waals surface area contributed by atoms with Crippen molar-refractivity contribution in [2.45, 2.75) is 39.3 Å². The molecule has 1 aromatic rings. The zero-order valence-electron chi connectivity index (χ0n) is 11.9. The number of rotatable bonds is 5. The molecule has 0 N–H and O–H groups in total. The van der Waals surface area contributed by atoms with E-state index in [0.717, 1.165) is 17.9 Å². The van der Waals surface area contributed by atoms with Crippen LogP contribution in [-0.2, 0) is 6.54 Å². The summed E-state index contributed by atoms with van der Waals surface area (Å²) in [6.07, 6.45) is 0. The first-order valence-electron chi connectivity index (χ1n) is 6.26. The van der Waals surface area contributed by atoms with Crippen molar-refractivity contribution in [2.24, 2.45) is 0 Å². The maximum atomic E-state index is 8.90. The minimum Gasteiger partial charge on any atom is -0.496 e. The van der Waals surface area contributed by atoms with Gasteiger partial charge in [0.15, 0.2) is 0 Å². The van der Waals surface area contributed by atoms with Crippen LogP contribution in [0.5, 0.6) is 5.75 Å². The molecule has 3 nitrogen and oxygen atoms in total. The number of ether oxygens (including phenoxy) is 1.